The number of epoxide rings is 2. The molecule has 120 valence electrons. The lowest BCUT2D eigenvalue weighted by atomic mass is 9.97. The van der Waals surface area contributed by atoms with Crippen LogP contribution in [0.25, 0.3) is 0 Å². The predicted octanol–water partition coefficient (Wildman–Crippen LogP) is -0.941. The molecule has 0 spiro atoms. The first-order valence-electron chi connectivity index (χ1n) is 6.27. The Morgan fingerprint density at radius 2 is 1.40 bits per heavy atom. The molecule has 20 heavy (non-hydrogen) atoms. The van der Waals surface area contributed by atoms with E-state index in [1.807, 2.05) is 0 Å². The Balaban J connectivity index is 0.000000246. The molecule has 2 aliphatic heterocycles. The fraction of sp³-hybridized carbons (Fsp3) is 1.00. The molecule has 2 N–H and O–H groups in total. The van der Waals surface area contributed by atoms with E-state index in [1.54, 1.807) is 13.8 Å². The highest BCUT2D eigenvalue weighted by Gasteiger charge is 2.29. The maximum absolute atomic E-state index is 10.9. The van der Waals surface area contributed by atoms with E-state index in [0.717, 1.165) is 0 Å². The van der Waals surface area contributed by atoms with Crippen LogP contribution in [0.15, 0.2) is 0 Å². The summed E-state index contributed by atoms with van der Waals surface area (Å²) < 4.78 is 40.4. The molecular weight excluding hydrogens is 292 g/mol. The zero-order valence-corrected chi connectivity index (χ0v) is 12.5. The number of aliphatic hydroxyl groups excluding tert-OH is 2. The minimum Gasteiger partial charge on any atom is -0.396 e. The molecule has 2 rings (SSSR count). The number of ether oxygens (including phenoxy) is 2. The van der Waals surface area contributed by atoms with Crippen LogP contribution >= 0.6 is 0 Å². The molecule has 2 saturated heterocycles. The van der Waals surface area contributed by atoms with Crippen LogP contribution in [-0.4, -0.2) is 70.5 Å². The van der Waals surface area contributed by atoms with E-state index in [0.29, 0.717) is 13.2 Å². The summed E-state index contributed by atoms with van der Waals surface area (Å²) in [5, 5.41) is 16.9. The van der Waals surface area contributed by atoms with Crippen LogP contribution in [0.3, 0.4) is 0 Å². The first-order chi connectivity index (χ1) is 9.28. The molecule has 2 aliphatic rings. The molecular formula is C11H22O8S. The largest absolute Gasteiger partial charge is 0.400 e. The monoisotopic (exact) mass is 314 g/mol. The van der Waals surface area contributed by atoms with E-state index < -0.39 is 10.4 Å². The van der Waals surface area contributed by atoms with Gasteiger partial charge in [-0.15, -0.1) is 0 Å². The third-order valence-corrected chi connectivity index (χ3v) is 3.31. The van der Waals surface area contributed by atoms with E-state index in [-0.39, 0.29) is 44.1 Å². The maximum atomic E-state index is 10.9. The van der Waals surface area contributed by atoms with E-state index in [4.69, 9.17) is 19.7 Å². The molecule has 9 heteroatoms. The van der Waals surface area contributed by atoms with Gasteiger partial charge in [-0.3, -0.25) is 0 Å². The molecule has 0 aromatic carbocycles. The van der Waals surface area contributed by atoms with Crippen molar-refractivity contribution in [2.45, 2.75) is 26.1 Å². The second kappa shape index (κ2) is 7.64. The molecule has 2 unspecified atom stereocenters. The Labute approximate surface area is 118 Å². The first kappa shape index (κ1) is 17.8. The van der Waals surface area contributed by atoms with Gasteiger partial charge in [0.05, 0.1) is 39.6 Å². The molecule has 0 aromatic heterocycles. The van der Waals surface area contributed by atoms with Gasteiger partial charge in [-0.25, -0.2) is 8.37 Å². The Morgan fingerprint density at radius 1 is 1.05 bits per heavy atom. The summed E-state index contributed by atoms with van der Waals surface area (Å²) >= 11 is 0. The fourth-order valence-corrected chi connectivity index (χ4v) is 1.44. The number of aliphatic hydroxyl groups is 2. The second-order valence-electron chi connectivity index (χ2n) is 5.37. The Bertz CT molecular complexity index is 344. The van der Waals surface area contributed by atoms with Crippen molar-refractivity contribution in [3.05, 3.63) is 0 Å². The van der Waals surface area contributed by atoms with Crippen LogP contribution in [0.4, 0.5) is 0 Å². The van der Waals surface area contributed by atoms with Gasteiger partial charge in [0, 0.05) is 5.41 Å². The summed E-state index contributed by atoms with van der Waals surface area (Å²) in [6.07, 6.45) is -0.175. The van der Waals surface area contributed by atoms with Gasteiger partial charge in [0.1, 0.15) is 12.2 Å². The van der Waals surface area contributed by atoms with Crippen LogP contribution in [0, 0.1) is 5.41 Å². The maximum Gasteiger partial charge on any atom is 0.400 e. The first-order valence-corrected chi connectivity index (χ1v) is 7.60. The number of rotatable bonds is 8. The van der Waals surface area contributed by atoms with E-state index in [9.17, 15) is 8.42 Å². The van der Waals surface area contributed by atoms with Crippen LogP contribution in [0.2, 0.25) is 0 Å². The molecule has 0 saturated carbocycles. The third-order valence-electron chi connectivity index (χ3n) is 2.46. The lowest BCUT2D eigenvalue weighted by molar-refractivity contribution is 0.0857. The summed E-state index contributed by atoms with van der Waals surface area (Å²) in [5.41, 5.74) is -0.306. The van der Waals surface area contributed by atoms with Gasteiger partial charge in [-0.1, -0.05) is 13.8 Å². The Hall–Kier alpha value is -0.290. The van der Waals surface area contributed by atoms with Gasteiger partial charge >= 0.3 is 10.4 Å². The standard InChI is InChI=1S/C6H10O6S.C5H12O2/c7-13(8,11-3-5-1-9-5)12-4-6-2-10-6;1-5(2,3-6)4-7/h5-6H,1-4H2;6-7H,3-4H2,1-2H3. The van der Waals surface area contributed by atoms with Crippen molar-refractivity contribution in [2.24, 2.45) is 5.41 Å². The second-order valence-corrected chi connectivity index (χ2v) is 6.66. The van der Waals surface area contributed by atoms with Crippen molar-refractivity contribution in [2.75, 3.05) is 39.6 Å². The number of hydrogen-bond acceptors (Lipinski definition) is 8. The number of hydrogen-bond donors (Lipinski definition) is 2. The average molecular weight is 314 g/mol. The SMILES string of the molecule is CC(C)(CO)CO.O=S(=O)(OCC1CO1)OCC1CO1. The molecule has 0 aromatic rings. The van der Waals surface area contributed by atoms with Crippen LogP contribution in [-0.2, 0) is 28.2 Å². The van der Waals surface area contributed by atoms with E-state index in [1.165, 1.54) is 0 Å². The van der Waals surface area contributed by atoms with Crippen LogP contribution < -0.4 is 0 Å². The molecule has 2 fully saturated rings. The normalized spacial score (nSPS) is 24.8. The van der Waals surface area contributed by atoms with Gasteiger partial charge in [-0.05, 0) is 0 Å². The zero-order chi connectivity index (χ0) is 15.2. The summed E-state index contributed by atoms with van der Waals surface area (Å²) in [7, 11) is -3.85. The van der Waals surface area contributed by atoms with Crippen molar-refractivity contribution in [1.29, 1.82) is 0 Å². The van der Waals surface area contributed by atoms with Crippen LogP contribution in [0.5, 0.6) is 0 Å². The average Bonchev–Trinajstić information content (AvgIpc) is 3.29. The highest BCUT2D eigenvalue weighted by molar-refractivity contribution is 7.81. The smallest absolute Gasteiger partial charge is 0.396 e. The quantitative estimate of drug-likeness (QED) is 0.551. The van der Waals surface area contributed by atoms with Gasteiger partial charge < -0.3 is 19.7 Å². The topological polar surface area (TPSA) is 118 Å². The van der Waals surface area contributed by atoms with Gasteiger partial charge in [0.2, 0.25) is 0 Å². The molecule has 0 radical (unpaired) electrons. The Morgan fingerprint density at radius 3 is 1.60 bits per heavy atom. The molecule has 0 bridgehead atoms. The fourth-order valence-electron chi connectivity index (χ4n) is 0.731. The summed E-state index contributed by atoms with van der Waals surface area (Å²) in [6.45, 7) is 4.87. The molecule has 2 atom stereocenters. The molecule has 0 aliphatic carbocycles. The summed E-state index contributed by atoms with van der Waals surface area (Å²) in [5.74, 6) is 0. The third kappa shape index (κ3) is 8.80. The molecule has 2 heterocycles. The minimum absolute atomic E-state index is 0.0356. The van der Waals surface area contributed by atoms with Crippen molar-refractivity contribution >= 4 is 10.4 Å². The molecule has 0 amide bonds. The van der Waals surface area contributed by atoms with Gasteiger partial charge in [-0.2, -0.15) is 8.42 Å². The highest BCUT2D eigenvalue weighted by atomic mass is 32.3. The predicted molar refractivity (Wildman–Crippen MR) is 68.3 cm³/mol. The van der Waals surface area contributed by atoms with Crippen molar-refractivity contribution in [1.82, 2.24) is 0 Å². The summed E-state index contributed by atoms with van der Waals surface area (Å²) in [4.78, 5) is 0. The van der Waals surface area contributed by atoms with Gasteiger partial charge in [0.25, 0.3) is 0 Å². The summed E-state index contributed by atoms with van der Waals surface area (Å²) in [6, 6.07) is 0. The lowest BCUT2D eigenvalue weighted by Gasteiger charge is -2.16. The van der Waals surface area contributed by atoms with Crippen LogP contribution in [0.1, 0.15) is 13.8 Å². The lowest BCUT2D eigenvalue weighted by Crippen LogP contribution is -2.20. The minimum atomic E-state index is -3.85. The van der Waals surface area contributed by atoms with Crippen molar-refractivity contribution in [3.63, 3.8) is 0 Å². The van der Waals surface area contributed by atoms with E-state index >= 15 is 0 Å². The zero-order valence-electron chi connectivity index (χ0n) is 11.6. The van der Waals surface area contributed by atoms with Crippen molar-refractivity contribution < 1.29 is 36.5 Å². The Kier molecular flexibility index (Phi) is 6.79. The van der Waals surface area contributed by atoms with Gasteiger partial charge in [0.15, 0.2) is 0 Å². The molecule has 8 nitrogen and oxygen atoms in total. The highest BCUT2D eigenvalue weighted by Crippen LogP contribution is 2.13. The van der Waals surface area contributed by atoms with Crippen molar-refractivity contribution in [3.8, 4) is 0 Å². The van der Waals surface area contributed by atoms with E-state index in [2.05, 4.69) is 8.37 Å².